The molecule has 1 amide bonds. The number of carboxylic acids is 1. The molecule has 0 aromatic heterocycles. The van der Waals surface area contributed by atoms with Gasteiger partial charge in [0.15, 0.2) is 0 Å². The van der Waals surface area contributed by atoms with Gasteiger partial charge in [0.2, 0.25) is 0 Å². The van der Waals surface area contributed by atoms with Crippen LogP contribution in [0.15, 0.2) is 0 Å². The molecule has 6 nitrogen and oxygen atoms in total. The Bertz CT molecular complexity index is 342. The van der Waals surface area contributed by atoms with Gasteiger partial charge in [0.1, 0.15) is 0 Å². The first-order chi connectivity index (χ1) is 9.10. The Morgan fingerprint density at radius 2 is 1.89 bits per heavy atom. The number of aliphatic carboxylic acids is 1. The first-order valence-corrected chi connectivity index (χ1v) is 6.92. The van der Waals surface area contributed by atoms with Crippen LogP contribution in [-0.4, -0.2) is 54.4 Å². The summed E-state index contributed by atoms with van der Waals surface area (Å²) >= 11 is 0. The zero-order chi connectivity index (χ0) is 13.8. The molecule has 2 atom stereocenters. The number of hydrogen-bond acceptors (Lipinski definition) is 4. The molecule has 1 aliphatic heterocycles. The first kappa shape index (κ1) is 14.1. The highest BCUT2D eigenvalue weighted by molar-refractivity contribution is 5.73. The summed E-state index contributed by atoms with van der Waals surface area (Å²) in [4.78, 5) is 24.3. The third-order valence-electron chi connectivity index (χ3n) is 4.06. The Labute approximate surface area is 113 Å². The van der Waals surface area contributed by atoms with E-state index in [1.807, 2.05) is 0 Å². The number of nitrogens with zero attached hydrogens (tertiary/aromatic N) is 1. The Kier molecular flexibility index (Phi) is 4.63. The predicted octanol–water partition coefficient (Wildman–Crippen LogP) is 1.06. The van der Waals surface area contributed by atoms with E-state index < -0.39 is 18.0 Å². The molecule has 1 saturated heterocycles. The highest BCUT2D eigenvalue weighted by Crippen LogP contribution is 2.23. The summed E-state index contributed by atoms with van der Waals surface area (Å²) < 4.78 is 4.70. The van der Waals surface area contributed by atoms with E-state index in [1.54, 1.807) is 0 Å². The molecule has 1 aliphatic carbocycles. The molecule has 6 heteroatoms. The molecular weight excluding hydrogens is 248 g/mol. The second-order valence-corrected chi connectivity index (χ2v) is 5.49. The van der Waals surface area contributed by atoms with Crippen molar-refractivity contribution in [2.45, 2.75) is 44.2 Å². The van der Waals surface area contributed by atoms with Crippen LogP contribution in [0.1, 0.15) is 32.1 Å². The number of carboxylic acid groups (broad SMARTS) is 1. The molecule has 2 fully saturated rings. The van der Waals surface area contributed by atoms with Crippen LogP contribution in [-0.2, 0) is 9.53 Å². The number of rotatable bonds is 3. The normalized spacial score (nSPS) is 28.4. The molecule has 1 saturated carbocycles. The monoisotopic (exact) mass is 270 g/mol. The van der Waals surface area contributed by atoms with Crippen molar-refractivity contribution in [3.63, 3.8) is 0 Å². The van der Waals surface area contributed by atoms with Crippen LogP contribution >= 0.6 is 0 Å². The van der Waals surface area contributed by atoms with Gasteiger partial charge < -0.3 is 20.1 Å². The van der Waals surface area contributed by atoms with E-state index in [2.05, 4.69) is 5.32 Å². The Balaban J connectivity index is 1.96. The van der Waals surface area contributed by atoms with Crippen molar-refractivity contribution in [1.29, 1.82) is 0 Å². The fraction of sp³-hybridized carbons (Fsp3) is 0.846. The van der Waals surface area contributed by atoms with Crippen LogP contribution in [0.4, 0.5) is 4.79 Å². The summed E-state index contributed by atoms with van der Waals surface area (Å²) in [6.07, 6.45) is 4.89. The van der Waals surface area contributed by atoms with E-state index in [0.29, 0.717) is 19.0 Å². The molecule has 0 spiro atoms. The quantitative estimate of drug-likeness (QED) is 0.801. The van der Waals surface area contributed by atoms with Crippen molar-refractivity contribution in [1.82, 2.24) is 10.2 Å². The van der Waals surface area contributed by atoms with E-state index in [1.165, 1.54) is 24.9 Å². The summed E-state index contributed by atoms with van der Waals surface area (Å²) in [5.41, 5.74) is 0. The van der Waals surface area contributed by atoms with Crippen molar-refractivity contribution in [2.24, 2.45) is 5.92 Å². The van der Waals surface area contributed by atoms with Gasteiger partial charge in [-0.2, -0.15) is 0 Å². The Morgan fingerprint density at radius 3 is 2.47 bits per heavy atom. The van der Waals surface area contributed by atoms with Crippen molar-refractivity contribution in [2.75, 3.05) is 20.2 Å². The molecule has 2 rings (SSSR count). The lowest BCUT2D eigenvalue weighted by Crippen LogP contribution is -2.54. The summed E-state index contributed by atoms with van der Waals surface area (Å²) in [5, 5.41) is 12.7. The fourth-order valence-corrected chi connectivity index (χ4v) is 3.10. The largest absolute Gasteiger partial charge is 0.481 e. The molecule has 2 N–H and O–H groups in total. The Morgan fingerprint density at radius 1 is 1.21 bits per heavy atom. The zero-order valence-corrected chi connectivity index (χ0v) is 11.3. The predicted molar refractivity (Wildman–Crippen MR) is 68.9 cm³/mol. The summed E-state index contributed by atoms with van der Waals surface area (Å²) in [6.45, 7) is 0.776. The molecule has 0 aromatic rings. The molecule has 0 bridgehead atoms. The number of methoxy groups -OCH3 is 1. The number of piperidine rings is 1. The van der Waals surface area contributed by atoms with Crippen LogP contribution in [0.3, 0.4) is 0 Å². The van der Waals surface area contributed by atoms with Crippen molar-refractivity contribution < 1.29 is 19.4 Å². The van der Waals surface area contributed by atoms with Crippen LogP contribution < -0.4 is 5.32 Å². The van der Waals surface area contributed by atoms with E-state index in [0.717, 1.165) is 12.8 Å². The van der Waals surface area contributed by atoms with Crippen molar-refractivity contribution >= 4 is 12.1 Å². The van der Waals surface area contributed by atoms with E-state index in [4.69, 9.17) is 4.74 Å². The highest BCUT2D eigenvalue weighted by atomic mass is 16.5. The number of nitrogens with one attached hydrogen (secondary N) is 1. The number of carbonyl (C=O) groups excluding carboxylic acids is 1. The second kappa shape index (κ2) is 6.23. The van der Waals surface area contributed by atoms with Gasteiger partial charge in [-0.3, -0.25) is 4.79 Å². The van der Waals surface area contributed by atoms with Gasteiger partial charge in [-0.15, -0.1) is 0 Å². The SMILES string of the molecule is COC(=O)N1CC(NC2CCCC2)CC(C(=O)O)C1. The lowest BCUT2D eigenvalue weighted by atomic mass is 9.94. The van der Waals surface area contributed by atoms with Crippen molar-refractivity contribution in [3.05, 3.63) is 0 Å². The van der Waals surface area contributed by atoms with Crippen LogP contribution in [0, 0.1) is 5.92 Å². The van der Waals surface area contributed by atoms with Gasteiger partial charge >= 0.3 is 12.1 Å². The average Bonchev–Trinajstić information content (AvgIpc) is 2.90. The maximum Gasteiger partial charge on any atom is 0.409 e. The van der Waals surface area contributed by atoms with E-state index in [9.17, 15) is 14.7 Å². The van der Waals surface area contributed by atoms with Gasteiger partial charge in [0.05, 0.1) is 13.0 Å². The van der Waals surface area contributed by atoms with Crippen LogP contribution in [0.5, 0.6) is 0 Å². The molecule has 2 aliphatic rings. The molecule has 108 valence electrons. The minimum Gasteiger partial charge on any atom is -0.481 e. The molecule has 0 radical (unpaired) electrons. The summed E-state index contributed by atoms with van der Waals surface area (Å²) in [7, 11) is 1.33. The smallest absolute Gasteiger partial charge is 0.409 e. The van der Waals surface area contributed by atoms with Crippen LogP contribution in [0.25, 0.3) is 0 Å². The molecule has 2 unspecified atom stereocenters. The van der Waals surface area contributed by atoms with Gasteiger partial charge in [0, 0.05) is 25.2 Å². The van der Waals surface area contributed by atoms with Gasteiger partial charge in [0.25, 0.3) is 0 Å². The van der Waals surface area contributed by atoms with Gasteiger partial charge in [-0.1, -0.05) is 12.8 Å². The van der Waals surface area contributed by atoms with Crippen LogP contribution in [0.2, 0.25) is 0 Å². The second-order valence-electron chi connectivity index (χ2n) is 5.49. The number of likely N-dealkylation sites (tertiary alicyclic amines) is 1. The Hall–Kier alpha value is -1.30. The number of ether oxygens (including phenoxy) is 1. The van der Waals surface area contributed by atoms with E-state index in [-0.39, 0.29) is 12.6 Å². The molecule has 0 aromatic carbocycles. The third kappa shape index (κ3) is 3.59. The number of hydrogen-bond donors (Lipinski definition) is 2. The first-order valence-electron chi connectivity index (χ1n) is 6.92. The third-order valence-corrected chi connectivity index (χ3v) is 4.06. The highest BCUT2D eigenvalue weighted by Gasteiger charge is 2.35. The lowest BCUT2D eigenvalue weighted by molar-refractivity contribution is -0.143. The molecule has 1 heterocycles. The van der Waals surface area contributed by atoms with Crippen molar-refractivity contribution in [3.8, 4) is 0 Å². The molecule has 19 heavy (non-hydrogen) atoms. The minimum atomic E-state index is -0.841. The summed E-state index contributed by atoms with van der Waals surface area (Å²) in [6, 6.07) is 0.522. The standard InChI is InChI=1S/C13H22N2O4/c1-19-13(18)15-7-9(12(16)17)6-11(8-15)14-10-4-2-3-5-10/h9-11,14H,2-8H2,1H3,(H,16,17). The molecular formula is C13H22N2O4. The summed E-state index contributed by atoms with van der Waals surface area (Å²) in [5.74, 6) is -1.35. The minimum absolute atomic E-state index is 0.0528. The topological polar surface area (TPSA) is 78.9 Å². The maximum atomic E-state index is 11.6. The van der Waals surface area contributed by atoms with Gasteiger partial charge in [-0.25, -0.2) is 4.79 Å². The average molecular weight is 270 g/mol. The number of carbonyl (C=O) groups is 2. The number of amides is 1. The van der Waals surface area contributed by atoms with Gasteiger partial charge in [-0.05, 0) is 19.3 Å². The fourth-order valence-electron chi connectivity index (χ4n) is 3.10. The van der Waals surface area contributed by atoms with E-state index >= 15 is 0 Å². The maximum absolute atomic E-state index is 11.6. The zero-order valence-electron chi connectivity index (χ0n) is 11.3. The lowest BCUT2D eigenvalue weighted by Gasteiger charge is -2.36.